The first-order valence-corrected chi connectivity index (χ1v) is 9.52. The van der Waals surface area contributed by atoms with Crippen molar-refractivity contribution >= 4 is 28.3 Å². The summed E-state index contributed by atoms with van der Waals surface area (Å²) in [7, 11) is 1.81. The predicted octanol–water partition coefficient (Wildman–Crippen LogP) is 4.34. The molecule has 29 heavy (non-hydrogen) atoms. The van der Waals surface area contributed by atoms with E-state index >= 15 is 0 Å². The van der Waals surface area contributed by atoms with E-state index in [4.69, 9.17) is 4.42 Å². The lowest BCUT2D eigenvalue weighted by molar-refractivity contribution is -0.117. The largest absolute Gasteiger partial charge is 0.436 e. The summed E-state index contributed by atoms with van der Waals surface area (Å²) in [6.07, 6.45) is 7.02. The minimum Gasteiger partial charge on any atom is -0.436 e. The molecule has 7 nitrogen and oxygen atoms in total. The van der Waals surface area contributed by atoms with Crippen molar-refractivity contribution in [3.05, 3.63) is 55.0 Å². The molecule has 4 aromatic rings. The lowest BCUT2D eigenvalue weighted by Gasteiger charge is -2.10. The van der Waals surface area contributed by atoms with E-state index in [0.717, 1.165) is 34.7 Å². The van der Waals surface area contributed by atoms with Crippen LogP contribution < -0.4 is 10.6 Å². The van der Waals surface area contributed by atoms with E-state index in [1.807, 2.05) is 43.4 Å². The quantitative estimate of drug-likeness (QED) is 0.531. The van der Waals surface area contributed by atoms with Crippen LogP contribution in [0.4, 0.5) is 11.6 Å². The number of anilines is 2. The number of hydrogen-bond donors (Lipinski definition) is 2. The Hall–Kier alpha value is -3.74. The van der Waals surface area contributed by atoms with Crippen molar-refractivity contribution in [2.45, 2.75) is 12.8 Å². The minimum atomic E-state index is 0.0174. The Labute approximate surface area is 167 Å². The van der Waals surface area contributed by atoms with Gasteiger partial charge < -0.3 is 15.1 Å². The number of benzene rings is 1. The van der Waals surface area contributed by atoms with E-state index in [1.54, 1.807) is 18.6 Å². The Bertz CT molecular complexity index is 1200. The molecule has 1 aliphatic carbocycles. The predicted molar refractivity (Wildman–Crippen MR) is 111 cm³/mol. The summed E-state index contributed by atoms with van der Waals surface area (Å²) in [4.78, 5) is 25.5. The molecule has 0 spiro atoms. The van der Waals surface area contributed by atoms with Gasteiger partial charge in [0.05, 0.1) is 11.8 Å². The van der Waals surface area contributed by atoms with E-state index in [2.05, 4.69) is 25.6 Å². The number of carbonyl (C=O) groups excluding carboxylic acids is 1. The van der Waals surface area contributed by atoms with Crippen LogP contribution >= 0.6 is 0 Å². The van der Waals surface area contributed by atoms with Gasteiger partial charge in [0.15, 0.2) is 5.76 Å². The zero-order chi connectivity index (χ0) is 19.8. The zero-order valence-corrected chi connectivity index (χ0v) is 15.8. The number of aromatic nitrogens is 3. The smallest absolute Gasteiger partial charge is 0.228 e. The van der Waals surface area contributed by atoms with Crippen LogP contribution in [0.5, 0.6) is 0 Å². The summed E-state index contributed by atoms with van der Waals surface area (Å²) in [6, 6.07) is 11.7. The van der Waals surface area contributed by atoms with Crippen LogP contribution in [0.25, 0.3) is 33.6 Å². The Morgan fingerprint density at radius 3 is 2.62 bits per heavy atom. The average Bonchev–Trinajstić information content (AvgIpc) is 3.51. The molecule has 3 heterocycles. The van der Waals surface area contributed by atoms with Crippen LogP contribution in [0, 0.1) is 5.92 Å². The molecule has 144 valence electrons. The summed E-state index contributed by atoms with van der Waals surface area (Å²) >= 11 is 0. The average molecular weight is 385 g/mol. The van der Waals surface area contributed by atoms with Gasteiger partial charge in [-0.05, 0) is 18.9 Å². The molecule has 5 rings (SSSR count). The summed E-state index contributed by atoms with van der Waals surface area (Å²) in [6.45, 7) is 0. The van der Waals surface area contributed by atoms with Crippen LogP contribution in [0.2, 0.25) is 0 Å². The van der Waals surface area contributed by atoms with Gasteiger partial charge in [-0.2, -0.15) is 0 Å². The standard InChI is InChI=1S/C22H19N5O2/c1-23-20-16-10-24-19(27-21(28)14-7-8-14)9-15(16)17(11-25-20)22-26-12-18(29-22)13-5-3-2-4-6-13/h2-6,9-12,14H,7-8H2,1H3,(H,23,25)(H,24,27,28). The summed E-state index contributed by atoms with van der Waals surface area (Å²) < 4.78 is 6.03. The number of hydrogen-bond acceptors (Lipinski definition) is 6. The van der Waals surface area contributed by atoms with Gasteiger partial charge >= 0.3 is 0 Å². The number of fused-ring (bicyclic) bond motifs is 1. The third-order valence-corrected chi connectivity index (χ3v) is 5.00. The molecule has 0 bridgehead atoms. The number of nitrogens with one attached hydrogen (secondary N) is 2. The molecule has 0 radical (unpaired) electrons. The van der Waals surface area contributed by atoms with Crippen molar-refractivity contribution in [2.75, 3.05) is 17.7 Å². The number of oxazole rings is 1. The molecule has 0 saturated heterocycles. The molecule has 0 atom stereocenters. The van der Waals surface area contributed by atoms with E-state index < -0.39 is 0 Å². The highest BCUT2D eigenvalue weighted by Crippen LogP contribution is 2.35. The van der Waals surface area contributed by atoms with Crippen LogP contribution in [0.3, 0.4) is 0 Å². The van der Waals surface area contributed by atoms with Crippen molar-refractivity contribution in [3.8, 4) is 22.8 Å². The molecule has 1 amide bonds. The fourth-order valence-corrected chi connectivity index (χ4v) is 3.28. The molecular formula is C22H19N5O2. The second kappa shape index (κ2) is 7.01. The number of nitrogens with zero attached hydrogens (tertiary/aromatic N) is 3. The Kier molecular flexibility index (Phi) is 4.20. The highest BCUT2D eigenvalue weighted by atomic mass is 16.4. The lowest BCUT2D eigenvalue weighted by atomic mass is 10.1. The number of carbonyl (C=O) groups is 1. The third kappa shape index (κ3) is 3.31. The Balaban J connectivity index is 1.59. The van der Waals surface area contributed by atoms with Gasteiger partial charge in [0.1, 0.15) is 11.6 Å². The second-order valence-electron chi connectivity index (χ2n) is 7.04. The molecule has 1 aliphatic rings. The van der Waals surface area contributed by atoms with E-state index in [-0.39, 0.29) is 11.8 Å². The third-order valence-electron chi connectivity index (χ3n) is 5.00. The van der Waals surface area contributed by atoms with Crippen LogP contribution in [0.15, 0.2) is 59.4 Å². The fraction of sp³-hybridized carbons (Fsp3) is 0.182. The first-order valence-electron chi connectivity index (χ1n) is 9.52. The van der Waals surface area contributed by atoms with Crippen molar-refractivity contribution in [2.24, 2.45) is 5.92 Å². The maximum Gasteiger partial charge on any atom is 0.228 e. The van der Waals surface area contributed by atoms with Gasteiger partial charge in [-0.1, -0.05) is 30.3 Å². The molecule has 1 saturated carbocycles. The van der Waals surface area contributed by atoms with Crippen LogP contribution in [-0.4, -0.2) is 27.9 Å². The van der Waals surface area contributed by atoms with Gasteiger partial charge in [0.2, 0.25) is 11.8 Å². The topological polar surface area (TPSA) is 92.9 Å². The Morgan fingerprint density at radius 2 is 1.86 bits per heavy atom. The van der Waals surface area contributed by atoms with Crippen molar-refractivity contribution in [3.63, 3.8) is 0 Å². The van der Waals surface area contributed by atoms with Gasteiger partial charge in [-0.15, -0.1) is 0 Å². The minimum absolute atomic E-state index is 0.0174. The summed E-state index contributed by atoms with van der Waals surface area (Å²) in [5.41, 5.74) is 1.69. The zero-order valence-electron chi connectivity index (χ0n) is 15.8. The van der Waals surface area contributed by atoms with Crippen LogP contribution in [0.1, 0.15) is 12.8 Å². The van der Waals surface area contributed by atoms with Crippen molar-refractivity contribution in [1.29, 1.82) is 0 Å². The summed E-state index contributed by atoms with van der Waals surface area (Å²) in [5, 5.41) is 7.66. The molecule has 0 unspecified atom stereocenters. The molecule has 2 N–H and O–H groups in total. The number of rotatable bonds is 5. The molecule has 3 aromatic heterocycles. The van der Waals surface area contributed by atoms with Gasteiger partial charge in [0, 0.05) is 41.7 Å². The van der Waals surface area contributed by atoms with Gasteiger partial charge in [-0.25, -0.2) is 15.0 Å². The fourth-order valence-electron chi connectivity index (χ4n) is 3.28. The number of amides is 1. The SMILES string of the molecule is CNc1ncc(-c2ncc(-c3ccccc3)o2)c2cc(NC(=O)C3CC3)ncc12. The van der Waals surface area contributed by atoms with Gasteiger partial charge in [0.25, 0.3) is 0 Å². The molecule has 0 aliphatic heterocycles. The molecular weight excluding hydrogens is 366 g/mol. The maximum atomic E-state index is 12.1. The van der Waals surface area contributed by atoms with E-state index in [0.29, 0.717) is 23.3 Å². The first kappa shape index (κ1) is 17.4. The molecule has 1 fully saturated rings. The van der Waals surface area contributed by atoms with Crippen molar-refractivity contribution < 1.29 is 9.21 Å². The molecule has 1 aromatic carbocycles. The highest BCUT2D eigenvalue weighted by molar-refractivity contribution is 6.03. The van der Waals surface area contributed by atoms with Gasteiger partial charge in [-0.3, -0.25) is 4.79 Å². The van der Waals surface area contributed by atoms with E-state index in [9.17, 15) is 4.79 Å². The monoisotopic (exact) mass is 385 g/mol. The highest BCUT2D eigenvalue weighted by Gasteiger charge is 2.30. The second-order valence-corrected chi connectivity index (χ2v) is 7.04. The summed E-state index contributed by atoms with van der Waals surface area (Å²) in [5.74, 6) is 2.49. The van der Waals surface area contributed by atoms with Crippen molar-refractivity contribution in [1.82, 2.24) is 15.0 Å². The first-order chi connectivity index (χ1) is 14.2. The lowest BCUT2D eigenvalue weighted by Crippen LogP contribution is -2.14. The number of pyridine rings is 2. The van der Waals surface area contributed by atoms with E-state index in [1.165, 1.54) is 0 Å². The maximum absolute atomic E-state index is 12.1. The molecule has 7 heteroatoms. The normalized spacial score (nSPS) is 13.4. The van der Waals surface area contributed by atoms with Crippen LogP contribution in [-0.2, 0) is 4.79 Å². The Morgan fingerprint density at radius 1 is 1.03 bits per heavy atom.